The molecule has 1 aliphatic rings. The number of hydrogen-bond donors (Lipinski definition) is 1. The quantitative estimate of drug-likeness (QED) is 0.321. The number of aromatic amines is 1. The minimum Gasteiger partial charge on any atom is -0.321 e. The maximum absolute atomic E-state index is 13.2. The molecule has 5 rings (SSSR count). The van der Waals surface area contributed by atoms with Crippen LogP contribution in [0.15, 0.2) is 59.4 Å². The third kappa shape index (κ3) is 5.26. The van der Waals surface area contributed by atoms with Gasteiger partial charge in [-0.25, -0.2) is 4.68 Å². The van der Waals surface area contributed by atoms with Crippen molar-refractivity contribution in [3.8, 4) is 0 Å². The molecule has 1 saturated carbocycles. The molecule has 7 heteroatoms. The Hall–Kier alpha value is -3.32. The largest absolute Gasteiger partial charge is 0.321 e. The van der Waals surface area contributed by atoms with Crippen molar-refractivity contribution in [2.45, 2.75) is 84.0 Å². The molecule has 1 aliphatic carbocycles. The first-order valence-electron chi connectivity index (χ1n) is 13.3. The lowest BCUT2D eigenvalue weighted by Crippen LogP contribution is -2.33. The summed E-state index contributed by atoms with van der Waals surface area (Å²) in [5, 5.41) is 14.2. The van der Waals surface area contributed by atoms with Crippen LogP contribution in [-0.2, 0) is 13.1 Å². The molecule has 0 saturated heterocycles. The Morgan fingerprint density at radius 3 is 2.64 bits per heavy atom. The van der Waals surface area contributed by atoms with Crippen molar-refractivity contribution in [1.29, 1.82) is 0 Å². The average Bonchev–Trinajstić information content (AvgIpc) is 3.39. The zero-order chi connectivity index (χ0) is 24.9. The molecule has 0 bridgehead atoms. The fourth-order valence-electron chi connectivity index (χ4n) is 5.61. The van der Waals surface area contributed by atoms with E-state index in [1.165, 1.54) is 24.8 Å². The van der Waals surface area contributed by atoms with Crippen LogP contribution in [0.5, 0.6) is 0 Å². The molecule has 1 atom stereocenters. The number of fused-ring (bicyclic) bond motifs is 1. The van der Waals surface area contributed by atoms with Gasteiger partial charge in [0, 0.05) is 18.7 Å². The summed E-state index contributed by atoms with van der Waals surface area (Å²) in [5.74, 6) is 0.924. The fraction of sp³-hybridized carbons (Fsp3) is 0.448. The number of aromatic nitrogens is 5. The van der Waals surface area contributed by atoms with E-state index in [1.807, 2.05) is 31.2 Å². The van der Waals surface area contributed by atoms with E-state index in [9.17, 15) is 4.79 Å². The molecule has 188 valence electrons. The molecule has 36 heavy (non-hydrogen) atoms. The first-order chi connectivity index (χ1) is 17.6. The van der Waals surface area contributed by atoms with Gasteiger partial charge < -0.3 is 4.98 Å². The lowest BCUT2D eigenvalue weighted by Gasteiger charge is -2.32. The second-order valence-corrected chi connectivity index (χ2v) is 10.1. The highest BCUT2D eigenvalue weighted by Gasteiger charge is 2.29. The maximum atomic E-state index is 13.2. The lowest BCUT2D eigenvalue weighted by atomic mass is 9.95. The minimum absolute atomic E-state index is 0.0136. The standard InChI is InChI=1S/C29H36N6O/c1-3-11-26(28-31-32-33-35(28)25-16-8-5-9-17-25)34(19-22-13-6-4-7-14-22)20-24-18-23-15-10-12-21(2)27(23)30-29(24)36/h4,6-7,10,12-15,18,25-26H,3,5,8-9,11,16-17,19-20H2,1-2H3,(H,30,36)/t26-/m1/s1. The Morgan fingerprint density at radius 2 is 1.86 bits per heavy atom. The number of nitrogens with one attached hydrogen (secondary N) is 1. The number of aryl methyl sites for hydroxylation is 1. The van der Waals surface area contributed by atoms with Crippen LogP contribution in [0, 0.1) is 6.92 Å². The summed E-state index contributed by atoms with van der Waals surface area (Å²) in [4.78, 5) is 18.7. The van der Waals surface area contributed by atoms with E-state index in [0.29, 0.717) is 19.1 Å². The summed E-state index contributed by atoms with van der Waals surface area (Å²) in [6.07, 6.45) is 7.91. The number of hydrogen-bond acceptors (Lipinski definition) is 5. The number of para-hydroxylation sites is 1. The van der Waals surface area contributed by atoms with Gasteiger partial charge in [0.25, 0.3) is 5.56 Å². The summed E-state index contributed by atoms with van der Waals surface area (Å²) < 4.78 is 2.09. The molecule has 0 aliphatic heterocycles. The van der Waals surface area contributed by atoms with E-state index in [-0.39, 0.29) is 11.6 Å². The highest BCUT2D eigenvalue weighted by molar-refractivity contribution is 5.81. The molecule has 0 radical (unpaired) electrons. The number of H-pyrrole nitrogens is 1. The van der Waals surface area contributed by atoms with Crippen LogP contribution >= 0.6 is 0 Å². The first kappa shape index (κ1) is 24.4. The highest BCUT2D eigenvalue weighted by Crippen LogP contribution is 2.33. The molecular weight excluding hydrogens is 448 g/mol. The van der Waals surface area contributed by atoms with Crippen LogP contribution in [0.1, 0.15) is 86.5 Å². The van der Waals surface area contributed by atoms with E-state index in [1.54, 1.807) is 0 Å². The number of nitrogens with zero attached hydrogens (tertiary/aromatic N) is 5. The van der Waals surface area contributed by atoms with Crippen molar-refractivity contribution < 1.29 is 0 Å². The Balaban J connectivity index is 1.54. The van der Waals surface area contributed by atoms with E-state index in [2.05, 4.69) is 67.3 Å². The number of rotatable bonds is 9. The predicted molar refractivity (Wildman–Crippen MR) is 143 cm³/mol. The molecule has 2 heterocycles. The number of benzene rings is 2. The number of tetrazole rings is 1. The van der Waals surface area contributed by atoms with Crippen molar-refractivity contribution >= 4 is 10.9 Å². The van der Waals surface area contributed by atoms with Gasteiger partial charge in [0.1, 0.15) is 0 Å². The third-order valence-corrected chi connectivity index (χ3v) is 7.51. The summed E-state index contributed by atoms with van der Waals surface area (Å²) >= 11 is 0. The monoisotopic (exact) mass is 484 g/mol. The predicted octanol–water partition coefficient (Wildman–Crippen LogP) is 5.87. The van der Waals surface area contributed by atoms with Gasteiger partial charge in [-0.3, -0.25) is 9.69 Å². The van der Waals surface area contributed by atoms with Crippen molar-refractivity contribution in [2.75, 3.05) is 0 Å². The Bertz CT molecular complexity index is 1340. The average molecular weight is 485 g/mol. The normalized spacial score (nSPS) is 15.5. The molecule has 1 fully saturated rings. The van der Waals surface area contributed by atoms with Crippen molar-refractivity contribution in [3.05, 3.63) is 87.5 Å². The fourth-order valence-corrected chi connectivity index (χ4v) is 5.61. The molecule has 2 aromatic heterocycles. The lowest BCUT2D eigenvalue weighted by molar-refractivity contribution is 0.150. The first-order valence-corrected chi connectivity index (χ1v) is 13.3. The van der Waals surface area contributed by atoms with E-state index in [4.69, 9.17) is 0 Å². The smallest absolute Gasteiger partial charge is 0.252 e. The van der Waals surface area contributed by atoms with Crippen molar-refractivity contribution in [1.82, 2.24) is 30.1 Å². The Labute approximate surface area is 212 Å². The van der Waals surface area contributed by atoms with Crippen LogP contribution in [-0.4, -0.2) is 30.1 Å². The van der Waals surface area contributed by atoms with Gasteiger partial charge >= 0.3 is 0 Å². The van der Waals surface area contributed by atoms with Crippen LogP contribution in [0.25, 0.3) is 10.9 Å². The highest BCUT2D eigenvalue weighted by atomic mass is 16.1. The Kier molecular flexibility index (Phi) is 7.56. The molecule has 0 unspecified atom stereocenters. The van der Waals surface area contributed by atoms with Gasteiger partial charge in [0.15, 0.2) is 5.82 Å². The van der Waals surface area contributed by atoms with E-state index < -0.39 is 0 Å². The van der Waals surface area contributed by atoms with Gasteiger partial charge in [-0.05, 0) is 59.2 Å². The molecule has 4 aromatic rings. The van der Waals surface area contributed by atoms with Crippen molar-refractivity contribution in [2.24, 2.45) is 0 Å². The second-order valence-electron chi connectivity index (χ2n) is 10.1. The van der Waals surface area contributed by atoms with Crippen LogP contribution in [0.3, 0.4) is 0 Å². The van der Waals surface area contributed by atoms with Gasteiger partial charge in [-0.2, -0.15) is 0 Å². The molecule has 1 N–H and O–H groups in total. The molecule has 2 aromatic carbocycles. The molecular formula is C29H36N6O. The third-order valence-electron chi connectivity index (χ3n) is 7.51. The zero-order valence-corrected chi connectivity index (χ0v) is 21.4. The molecule has 0 amide bonds. The summed E-state index contributed by atoms with van der Waals surface area (Å²) in [5.41, 5.74) is 3.93. The van der Waals surface area contributed by atoms with Gasteiger partial charge in [0.05, 0.1) is 17.6 Å². The summed E-state index contributed by atoms with van der Waals surface area (Å²) in [6.45, 7) is 5.47. The Morgan fingerprint density at radius 1 is 1.06 bits per heavy atom. The molecule has 0 spiro atoms. The van der Waals surface area contributed by atoms with E-state index >= 15 is 0 Å². The van der Waals surface area contributed by atoms with Gasteiger partial charge in [0.2, 0.25) is 0 Å². The molecule has 7 nitrogen and oxygen atoms in total. The van der Waals surface area contributed by atoms with Crippen molar-refractivity contribution in [3.63, 3.8) is 0 Å². The van der Waals surface area contributed by atoms with Crippen LogP contribution in [0.2, 0.25) is 0 Å². The van der Waals surface area contributed by atoms with Gasteiger partial charge in [-0.1, -0.05) is 81.1 Å². The number of pyridine rings is 1. The van der Waals surface area contributed by atoms with Crippen LogP contribution < -0.4 is 5.56 Å². The maximum Gasteiger partial charge on any atom is 0.252 e. The topological polar surface area (TPSA) is 79.7 Å². The summed E-state index contributed by atoms with van der Waals surface area (Å²) in [6, 6.07) is 19.0. The second kappa shape index (κ2) is 11.2. The summed E-state index contributed by atoms with van der Waals surface area (Å²) in [7, 11) is 0. The minimum atomic E-state index is -0.0306. The van der Waals surface area contributed by atoms with Crippen LogP contribution in [0.4, 0.5) is 0 Å². The van der Waals surface area contributed by atoms with E-state index in [0.717, 1.165) is 53.5 Å². The SMILES string of the molecule is CCC[C@H](c1nnnn1C1CCCCC1)N(Cc1ccccc1)Cc1cc2cccc(C)c2[nH]c1=O. The van der Waals surface area contributed by atoms with Gasteiger partial charge in [-0.15, -0.1) is 5.10 Å². The zero-order valence-electron chi connectivity index (χ0n) is 21.4.